The summed E-state index contributed by atoms with van der Waals surface area (Å²) < 4.78 is 1.74. The number of carboxylic acids is 1. The van der Waals surface area contributed by atoms with Crippen molar-refractivity contribution in [3.63, 3.8) is 0 Å². The summed E-state index contributed by atoms with van der Waals surface area (Å²) in [7, 11) is 1.84. The second-order valence-electron chi connectivity index (χ2n) is 3.17. The van der Waals surface area contributed by atoms with Crippen LogP contribution in [-0.4, -0.2) is 20.9 Å². The average Bonchev–Trinajstić information content (AvgIpc) is 2.70. The summed E-state index contributed by atoms with van der Waals surface area (Å²) in [6.45, 7) is 0. The van der Waals surface area contributed by atoms with Gasteiger partial charge in [0, 0.05) is 24.9 Å². The lowest BCUT2D eigenvalue weighted by Gasteiger charge is -1.97. The maximum Gasteiger partial charge on any atom is 0.307 e. The summed E-state index contributed by atoms with van der Waals surface area (Å²) in [6, 6.07) is 1.88. The molecule has 0 aliphatic heterocycles. The predicted octanol–water partition coefficient (Wildman–Crippen LogP) is 0.608. The fourth-order valence-corrected chi connectivity index (χ4v) is 1.54. The van der Waals surface area contributed by atoms with E-state index in [-0.39, 0.29) is 11.8 Å². The van der Waals surface area contributed by atoms with E-state index in [9.17, 15) is 4.79 Å². The molecule has 1 aromatic heterocycles. The van der Waals surface area contributed by atoms with E-state index in [1.165, 1.54) is 0 Å². The first-order valence-electron chi connectivity index (χ1n) is 3.91. The Kier molecular flexibility index (Phi) is 1.43. The number of carbonyl (C=O) groups is 1. The molecule has 0 amide bonds. The maximum absolute atomic E-state index is 10.5. The van der Waals surface area contributed by atoms with Crippen LogP contribution < -0.4 is 0 Å². The smallest absolute Gasteiger partial charge is 0.307 e. The maximum atomic E-state index is 10.5. The zero-order valence-electron chi connectivity index (χ0n) is 6.77. The van der Waals surface area contributed by atoms with Crippen LogP contribution in [0.5, 0.6) is 0 Å². The zero-order chi connectivity index (χ0) is 8.72. The summed E-state index contributed by atoms with van der Waals surface area (Å²) in [4.78, 5) is 10.5. The van der Waals surface area contributed by atoms with Gasteiger partial charge in [0.15, 0.2) is 0 Å². The Labute approximate surface area is 69.8 Å². The zero-order valence-corrected chi connectivity index (χ0v) is 6.77. The molecule has 0 unspecified atom stereocenters. The molecule has 0 radical (unpaired) electrons. The number of aliphatic carboxylic acids is 1. The third-order valence-corrected chi connectivity index (χ3v) is 2.35. The predicted molar refractivity (Wildman–Crippen MR) is 41.7 cm³/mol. The molecule has 12 heavy (non-hydrogen) atoms. The van der Waals surface area contributed by atoms with Gasteiger partial charge in [0.25, 0.3) is 0 Å². The number of hydrogen-bond acceptors (Lipinski definition) is 2. The van der Waals surface area contributed by atoms with Crippen molar-refractivity contribution in [1.82, 2.24) is 9.78 Å². The Morgan fingerprint density at radius 2 is 2.58 bits per heavy atom. The Morgan fingerprint density at radius 3 is 3.00 bits per heavy atom. The monoisotopic (exact) mass is 166 g/mol. The number of aromatic nitrogens is 2. The van der Waals surface area contributed by atoms with Crippen LogP contribution in [0.1, 0.15) is 18.0 Å². The van der Waals surface area contributed by atoms with E-state index in [4.69, 9.17) is 5.11 Å². The van der Waals surface area contributed by atoms with Gasteiger partial charge in [-0.25, -0.2) is 0 Å². The molecule has 2 atom stereocenters. The van der Waals surface area contributed by atoms with Crippen LogP contribution in [0, 0.1) is 5.92 Å². The van der Waals surface area contributed by atoms with Gasteiger partial charge in [0.05, 0.1) is 5.92 Å². The number of rotatable bonds is 2. The SMILES string of the molecule is Cn1nccc1[C@@H]1C[C@H]1C(=O)O. The van der Waals surface area contributed by atoms with E-state index in [1.807, 2.05) is 13.1 Å². The molecule has 1 N–H and O–H groups in total. The summed E-state index contributed by atoms with van der Waals surface area (Å²) in [5.74, 6) is -0.684. The van der Waals surface area contributed by atoms with Crippen molar-refractivity contribution in [1.29, 1.82) is 0 Å². The molecule has 4 heteroatoms. The average molecular weight is 166 g/mol. The summed E-state index contributed by atoms with van der Waals surface area (Å²) in [6.07, 6.45) is 2.46. The highest BCUT2D eigenvalue weighted by Crippen LogP contribution is 2.47. The molecule has 0 aromatic carbocycles. The van der Waals surface area contributed by atoms with E-state index >= 15 is 0 Å². The minimum absolute atomic E-state index is 0.180. The molecule has 0 saturated heterocycles. The molecule has 1 fully saturated rings. The lowest BCUT2D eigenvalue weighted by Crippen LogP contribution is -2.02. The first-order valence-corrected chi connectivity index (χ1v) is 3.91. The first-order chi connectivity index (χ1) is 5.70. The Bertz CT molecular complexity index is 319. The third kappa shape index (κ3) is 0.995. The van der Waals surface area contributed by atoms with Crippen LogP contribution in [-0.2, 0) is 11.8 Å². The summed E-state index contributed by atoms with van der Waals surface area (Å²) >= 11 is 0. The Balaban J connectivity index is 2.15. The molecular formula is C8H10N2O2. The van der Waals surface area contributed by atoms with Crippen LogP contribution in [0.25, 0.3) is 0 Å². The highest BCUT2D eigenvalue weighted by Gasteiger charge is 2.45. The largest absolute Gasteiger partial charge is 0.481 e. The molecule has 64 valence electrons. The molecule has 0 bridgehead atoms. The van der Waals surface area contributed by atoms with E-state index in [0.717, 1.165) is 12.1 Å². The molecule has 1 heterocycles. The van der Waals surface area contributed by atoms with Crippen LogP contribution in [0.15, 0.2) is 12.3 Å². The molecule has 4 nitrogen and oxygen atoms in total. The lowest BCUT2D eigenvalue weighted by atomic mass is 10.2. The normalized spacial score (nSPS) is 27.1. The molecule has 1 aromatic rings. The van der Waals surface area contributed by atoms with Gasteiger partial charge >= 0.3 is 5.97 Å². The molecule has 2 rings (SSSR count). The number of nitrogens with zero attached hydrogens (tertiary/aromatic N) is 2. The quantitative estimate of drug-likeness (QED) is 0.700. The Hall–Kier alpha value is -1.32. The number of hydrogen-bond donors (Lipinski definition) is 1. The van der Waals surface area contributed by atoms with Crippen molar-refractivity contribution in [3.05, 3.63) is 18.0 Å². The minimum atomic E-state index is -0.693. The number of aryl methyl sites for hydroxylation is 1. The van der Waals surface area contributed by atoms with Gasteiger partial charge in [-0.05, 0) is 12.5 Å². The van der Waals surface area contributed by atoms with E-state index in [1.54, 1.807) is 10.9 Å². The minimum Gasteiger partial charge on any atom is -0.481 e. The first kappa shape index (κ1) is 7.34. The topological polar surface area (TPSA) is 55.1 Å². The standard InChI is InChI=1S/C8H10N2O2/c1-10-7(2-3-9-10)5-4-6(5)8(11)12/h2-3,5-6H,4H2,1H3,(H,11,12)/t5-,6-/m1/s1. The molecule has 0 spiro atoms. The molecule has 1 saturated carbocycles. The fourth-order valence-electron chi connectivity index (χ4n) is 1.54. The lowest BCUT2D eigenvalue weighted by molar-refractivity contribution is -0.138. The van der Waals surface area contributed by atoms with Crippen molar-refractivity contribution in [2.75, 3.05) is 0 Å². The van der Waals surface area contributed by atoms with Gasteiger partial charge in [-0.15, -0.1) is 0 Å². The van der Waals surface area contributed by atoms with Crippen LogP contribution in [0.3, 0.4) is 0 Å². The van der Waals surface area contributed by atoms with E-state index in [0.29, 0.717) is 0 Å². The third-order valence-electron chi connectivity index (χ3n) is 2.35. The Morgan fingerprint density at radius 1 is 1.83 bits per heavy atom. The summed E-state index contributed by atoms with van der Waals surface area (Å²) in [5.41, 5.74) is 1.03. The van der Waals surface area contributed by atoms with Gasteiger partial charge in [-0.2, -0.15) is 5.10 Å². The molecule has 1 aliphatic rings. The molecular weight excluding hydrogens is 156 g/mol. The second kappa shape index (κ2) is 2.33. The number of carboxylic acid groups (broad SMARTS) is 1. The second-order valence-corrected chi connectivity index (χ2v) is 3.17. The van der Waals surface area contributed by atoms with Gasteiger partial charge in [-0.1, -0.05) is 0 Å². The van der Waals surface area contributed by atoms with Crippen molar-refractivity contribution in [2.24, 2.45) is 13.0 Å². The van der Waals surface area contributed by atoms with Crippen molar-refractivity contribution >= 4 is 5.97 Å². The van der Waals surface area contributed by atoms with Gasteiger partial charge in [0.1, 0.15) is 0 Å². The van der Waals surface area contributed by atoms with Crippen molar-refractivity contribution < 1.29 is 9.90 Å². The van der Waals surface area contributed by atoms with E-state index < -0.39 is 5.97 Å². The fraction of sp³-hybridized carbons (Fsp3) is 0.500. The highest BCUT2D eigenvalue weighted by atomic mass is 16.4. The van der Waals surface area contributed by atoms with Gasteiger partial charge < -0.3 is 5.11 Å². The highest BCUT2D eigenvalue weighted by molar-refractivity contribution is 5.75. The van der Waals surface area contributed by atoms with Crippen LogP contribution in [0.4, 0.5) is 0 Å². The van der Waals surface area contributed by atoms with E-state index in [2.05, 4.69) is 5.10 Å². The van der Waals surface area contributed by atoms with Crippen LogP contribution >= 0.6 is 0 Å². The van der Waals surface area contributed by atoms with Crippen molar-refractivity contribution in [2.45, 2.75) is 12.3 Å². The van der Waals surface area contributed by atoms with Gasteiger partial charge in [-0.3, -0.25) is 9.48 Å². The van der Waals surface area contributed by atoms with Gasteiger partial charge in [0.2, 0.25) is 0 Å². The van der Waals surface area contributed by atoms with Crippen molar-refractivity contribution in [3.8, 4) is 0 Å². The van der Waals surface area contributed by atoms with Crippen LogP contribution in [0.2, 0.25) is 0 Å². The molecule has 1 aliphatic carbocycles. The summed E-state index contributed by atoms with van der Waals surface area (Å²) in [5, 5.41) is 12.7.